The van der Waals surface area contributed by atoms with E-state index in [4.69, 9.17) is 4.74 Å². The number of rotatable bonds is 3. The standard InChI is InChI=1S/C14H22N2O/c1-11-10-13(8-9-17-11)15-12-4-6-14(7-5-12)16(2)3/h4-7,11,13,15H,8-10H2,1-3H3. The summed E-state index contributed by atoms with van der Waals surface area (Å²) in [4.78, 5) is 2.11. The summed E-state index contributed by atoms with van der Waals surface area (Å²) in [6.07, 6.45) is 2.57. The molecule has 1 N–H and O–H groups in total. The first kappa shape index (κ1) is 12.2. The van der Waals surface area contributed by atoms with Crippen LogP contribution < -0.4 is 10.2 Å². The predicted octanol–water partition coefficient (Wildman–Crippen LogP) is 2.73. The predicted molar refractivity (Wildman–Crippen MR) is 72.8 cm³/mol. The number of anilines is 2. The lowest BCUT2D eigenvalue weighted by Gasteiger charge is -2.28. The summed E-state index contributed by atoms with van der Waals surface area (Å²) < 4.78 is 5.55. The maximum atomic E-state index is 5.55. The Bertz CT molecular complexity index is 348. The van der Waals surface area contributed by atoms with Crippen molar-refractivity contribution >= 4 is 11.4 Å². The fourth-order valence-corrected chi connectivity index (χ4v) is 2.22. The van der Waals surface area contributed by atoms with Crippen LogP contribution in [0.25, 0.3) is 0 Å². The van der Waals surface area contributed by atoms with E-state index >= 15 is 0 Å². The van der Waals surface area contributed by atoms with Crippen LogP contribution >= 0.6 is 0 Å². The Morgan fingerprint density at radius 1 is 1.24 bits per heavy atom. The lowest BCUT2D eigenvalue weighted by atomic mass is 10.0. The summed E-state index contributed by atoms with van der Waals surface area (Å²) in [5, 5.41) is 3.58. The van der Waals surface area contributed by atoms with E-state index in [9.17, 15) is 0 Å². The third kappa shape index (κ3) is 3.37. The number of ether oxygens (including phenoxy) is 1. The summed E-state index contributed by atoms with van der Waals surface area (Å²) in [5.74, 6) is 0. The zero-order chi connectivity index (χ0) is 12.3. The first-order valence-electron chi connectivity index (χ1n) is 6.30. The number of nitrogens with zero attached hydrogens (tertiary/aromatic N) is 1. The molecule has 0 spiro atoms. The molecule has 2 atom stereocenters. The zero-order valence-corrected chi connectivity index (χ0v) is 10.9. The van der Waals surface area contributed by atoms with Crippen LogP contribution in [0, 0.1) is 0 Å². The molecule has 17 heavy (non-hydrogen) atoms. The molecule has 1 aromatic carbocycles. The second-order valence-corrected chi connectivity index (χ2v) is 4.99. The van der Waals surface area contributed by atoms with E-state index in [0.717, 1.165) is 19.4 Å². The Hall–Kier alpha value is -1.22. The van der Waals surface area contributed by atoms with Gasteiger partial charge >= 0.3 is 0 Å². The van der Waals surface area contributed by atoms with Gasteiger partial charge in [0.25, 0.3) is 0 Å². The molecule has 1 heterocycles. The van der Waals surface area contributed by atoms with E-state index in [2.05, 4.69) is 55.5 Å². The highest BCUT2D eigenvalue weighted by Gasteiger charge is 2.18. The molecule has 0 aromatic heterocycles. The van der Waals surface area contributed by atoms with Gasteiger partial charge in [0.05, 0.1) is 6.10 Å². The third-order valence-corrected chi connectivity index (χ3v) is 3.24. The van der Waals surface area contributed by atoms with Crippen LogP contribution in [0.3, 0.4) is 0 Å². The molecule has 2 rings (SSSR count). The van der Waals surface area contributed by atoms with Crippen molar-refractivity contribution < 1.29 is 4.74 Å². The lowest BCUT2D eigenvalue weighted by molar-refractivity contribution is 0.0232. The molecular formula is C14H22N2O. The number of benzene rings is 1. The molecule has 1 aromatic rings. The Kier molecular flexibility index (Phi) is 3.89. The SMILES string of the molecule is CC1CC(Nc2ccc(N(C)C)cc2)CCO1. The van der Waals surface area contributed by atoms with E-state index in [-0.39, 0.29) is 0 Å². The molecule has 1 aliphatic heterocycles. The van der Waals surface area contributed by atoms with Crippen molar-refractivity contribution in [2.24, 2.45) is 0 Å². The summed E-state index contributed by atoms with van der Waals surface area (Å²) in [5.41, 5.74) is 2.44. The minimum atomic E-state index is 0.377. The summed E-state index contributed by atoms with van der Waals surface area (Å²) in [6.45, 7) is 3.01. The zero-order valence-electron chi connectivity index (χ0n) is 10.9. The van der Waals surface area contributed by atoms with Gasteiger partial charge in [-0.25, -0.2) is 0 Å². The lowest BCUT2D eigenvalue weighted by Crippen LogP contribution is -2.32. The molecule has 0 aliphatic carbocycles. The highest BCUT2D eigenvalue weighted by atomic mass is 16.5. The minimum absolute atomic E-state index is 0.377. The van der Waals surface area contributed by atoms with Crippen LogP contribution in [0.5, 0.6) is 0 Å². The highest BCUT2D eigenvalue weighted by Crippen LogP contribution is 2.20. The Balaban J connectivity index is 1.94. The average Bonchev–Trinajstić information content (AvgIpc) is 2.29. The van der Waals surface area contributed by atoms with Gasteiger partial charge in [-0.3, -0.25) is 0 Å². The average molecular weight is 234 g/mol. The second kappa shape index (κ2) is 5.41. The van der Waals surface area contributed by atoms with E-state index in [1.54, 1.807) is 0 Å². The smallest absolute Gasteiger partial charge is 0.0566 e. The maximum Gasteiger partial charge on any atom is 0.0566 e. The minimum Gasteiger partial charge on any atom is -0.382 e. The molecule has 0 radical (unpaired) electrons. The molecule has 2 unspecified atom stereocenters. The highest BCUT2D eigenvalue weighted by molar-refractivity contribution is 5.54. The molecule has 0 bridgehead atoms. The normalized spacial score (nSPS) is 24.4. The maximum absolute atomic E-state index is 5.55. The summed E-state index contributed by atoms with van der Waals surface area (Å²) in [7, 11) is 4.12. The Labute approximate surface area is 104 Å². The molecule has 0 saturated carbocycles. The van der Waals surface area contributed by atoms with Crippen molar-refractivity contribution in [1.29, 1.82) is 0 Å². The van der Waals surface area contributed by atoms with Gasteiger partial charge in [0.1, 0.15) is 0 Å². The number of nitrogens with one attached hydrogen (secondary N) is 1. The summed E-state index contributed by atoms with van der Waals surface area (Å²) >= 11 is 0. The van der Waals surface area contributed by atoms with Gasteiger partial charge in [-0.05, 0) is 44.0 Å². The second-order valence-electron chi connectivity index (χ2n) is 4.99. The van der Waals surface area contributed by atoms with Gasteiger partial charge < -0.3 is 15.0 Å². The van der Waals surface area contributed by atoms with Crippen LogP contribution in [0.2, 0.25) is 0 Å². The monoisotopic (exact) mass is 234 g/mol. The van der Waals surface area contributed by atoms with Crippen LogP contribution in [0.15, 0.2) is 24.3 Å². The van der Waals surface area contributed by atoms with Crippen LogP contribution in [-0.4, -0.2) is 32.8 Å². The van der Waals surface area contributed by atoms with Gasteiger partial charge in [-0.15, -0.1) is 0 Å². The molecule has 94 valence electrons. The van der Waals surface area contributed by atoms with Crippen molar-refractivity contribution in [3.63, 3.8) is 0 Å². The van der Waals surface area contributed by atoms with Crippen molar-refractivity contribution in [3.05, 3.63) is 24.3 Å². The van der Waals surface area contributed by atoms with Gasteiger partial charge in [-0.2, -0.15) is 0 Å². The fourth-order valence-electron chi connectivity index (χ4n) is 2.22. The molecule has 3 nitrogen and oxygen atoms in total. The Morgan fingerprint density at radius 2 is 1.94 bits per heavy atom. The van der Waals surface area contributed by atoms with Crippen molar-refractivity contribution in [3.8, 4) is 0 Å². The van der Waals surface area contributed by atoms with Crippen molar-refractivity contribution in [1.82, 2.24) is 0 Å². The first-order chi connectivity index (χ1) is 8.15. The van der Waals surface area contributed by atoms with Crippen LogP contribution in [0.4, 0.5) is 11.4 Å². The van der Waals surface area contributed by atoms with E-state index < -0.39 is 0 Å². The Morgan fingerprint density at radius 3 is 2.53 bits per heavy atom. The summed E-state index contributed by atoms with van der Waals surface area (Å²) in [6, 6.07) is 9.13. The molecular weight excluding hydrogens is 212 g/mol. The van der Waals surface area contributed by atoms with Crippen LogP contribution in [-0.2, 0) is 4.74 Å². The molecule has 1 aliphatic rings. The topological polar surface area (TPSA) is 24.5 Å². The van der Waals surface area contributed by atoms with Gasteiger partial charge in [0.2, 0.25) is 0 Å². The largest absolute Gasteiger partial charge is 0.382 e. The van der Waals surface area contributed by atoms with E-state index in [1.165, 1.54) is 11.4 Å². The van der Waals surface area contributed by atoms with Gasteiger partial charge in [-0.1, -0.05) is 0 Å². The third-order valence-electron chi connectivity index (χ3n) is 3.24. The van der Waals surface area contributed by atoms with Crippen molar-refractivity contribution in [2.45, 2.75) is 31.9 Å². The van der Waals surface area contributed by atoms with E-state index in [1.807, 2.05) is 0 Å². The number of hydrogen-bond donors (Lipinski definition) is 1. The van der Waals surface area contributed by atoms with E-state index in [0.29, 0.717) is 12.1 Å². The van der Waals surface area contributed by atoms with Gasteiger partial charge in [0.15, 0.2) is 0 Å². The first-order valence-corrected chi connectivity index (χ1v) is 6.30. The quantitative estimate of drug-likeness (QED) is 0.870. The molecule has 0 amide bonds. The van der Waals surface area contributed by atoms with Crippen molar-refractivity contribution in [2.75, 3.05) is 30.9 Å². The van der Waals surface area contributed by atoms with Gasteiger partial charge in [0, 0.05) is 38.1 Å². The van der Waals surface area contributed by atoms with Crippen LogP contribution in [0.1, 0.15) is 19.8 Å². The fraction of sp³-hybridized carbons (Fsp3) is 0.571. The number of hydrogen-bond acceptors (Lipinski definition) is 3. The molecule has 1 fully saturated rings. The molecule has 1 saturated heterocycles. The molecule has 3 heteroatoms.